The van der Waals surface area contributed by atoms with E-state index < -0.39 is 47.2 Å². The van der Waals surface area contributed by atoms with Crippen LogP contribution in [-0.2, 0) is 41.2 Å². The number of nitrogens with zero attached hydrogens (tertiary/aromatic N) is 2. The lowest BCUT2D eigenvalue weighted by Crippen LogP contribution is -2.40. The number of unbranched alkanes of at least 4 members (excludes halogenated alkanes) is 2. The molecule has 2 aliphatic heterocycles. The third-order valence-electron chi connectivity index (χ3n) is 10.9. The number of carboxylic acid groups (broad SMARTS) is 1. The molecule has 0 fully saturated rings. The van der Waals surface area contributed by atoms with E-state index >= 15 is 0 Å². The van der Waals surface area contributed by atoms with Crippen LogP contribution in [0.15, 0.2) is 87.5 Å². The second kappa shape index (κ2) is 16.4. The van der Waals surface area contributed by atoms with Gasteiger partial charge in [-0.1, -0.05) is 57.5 Å². The van der Waals surface area contributed by atoms with Crippen molar-refractivity contribution in [2.24, 2.45) is 0 Å². The van der Waals surface area contributed by atoms with Gasteiger partial charge < -0.3 is 14.9 Å². The molecule has 2 aromatic carbocycles. The third kappa shape index (κ3) is 9.77. The maximum absolute atomic E-state index is 12.1. The number of hydrogen-bond donors (Lipinski definition) is 4. The minimum atomic E-state index is -4.47. The molecule has 1 aliphatic carbocycles. The molecule has 0 amide bonds. The Morgan fingerprint density at radius 1 is 0.821 bits per heavy atom. The van der Waals surface area contributed by atoms with Gasteiger partial charge in [0.1, 0.15) is 0 Å². The molecule has 4 N–H and O–H groups in total. The Bertz CT molecular complexity index is 2350. The molecule has 0 saturated heterocycles. The number of hydrogen-bond acceptors (Lipinski definition) is 9. The Hall–Kier alpha value is -3.51. The van der Waals surface area contributed by atoms with Gasteiger partial charge in [-0.25, -0.2) is 4.79 Å². The first-order chi connectivity index (χ1) is 25.9. The highest BCUT2D eigenvalue weighted by Crippen LogP contribution is 2.49. The van der Waals surface area contributed by atoms with E-state index in [4.69, 9.17) is 11.6 Å². The standard InChI is InChI=1S/C39H49ClN2O11S3/c1-38(2)30-24-28(37(43)44)12-16-32(30)41(20-5-7-22-54(45,46)47)34(38)18-13-26-10-9-11-27(36(26)40)14-19-35-39(3,4)31-25-29(56(51,52)53)15-17-33(31)42(35)21-6-8-23-55(48,49)50/h12-19,24-25,35H,5-11,20-23H2,1-4H3,(H,43,44)(H,45,46,47)(H,48,49,50)(H,51,52,53). The fraction of sp³-hybridized carbons (Fsp3) is 0.462. The van der Waals surface area contributed by atoms with Crippen molar-refractivity contribution in [1.29, 1.82) is 0 Å². The van der Waals surface area contributed by atoms with Gasteiger partial charge in [0.15, 0.2) is 0 Å². The summed E-state index contributed by atoms with van der Waals surface area (Å²) in [5.74, 6) is -1.79. The molecule has 2 heterocycles. The molecule has 0 spiro atoms. The van der Waals surface area contributed by atoms with Crippen molar-refractivity contribution in [3.05, 3.63) is 99.3 Å². The smallest absolute Gasteiger partial charge is 0.335 e. The van der Waals surface area contributed by atoms with E-state index in [1.54, 1.807) is 24.3 Å². The van der Waals surface area contributed by atoms with Gasteiger partial charge in [0.05, 0.1) is 28.0 Å². The van der Waals surface area contributed by atoms with Crippen LogP contribution in [-0.4, -0.2) is 80.6 Å². The van der Waals surface area contributed by atoms with Crippen LogP contribution in [0.5, 0.6) is 0 Å². The molecule has 2 aromatic rings. The lowest BCUT2D eigenvalue weighted by molar-refractivity contribution is 0.0696. The van der Waals surface area contributed by atoms with Crippen molar-refractivity contribution >= 4 is 59.3 Å². The van der Waals surface area contributed by atoms with E-state index in [2.05, 4.69) is 9.80 Å². The summed E-state index contributed by atoms with van der Waals surface area (Å²) < 4.78 is 97.9. The molecule has 1 atom stereocenters. The third-order valence-corrected chi connectivity index (χ3v) is 13.9. The maximum Gasteiger partial charge on any atom is 0.335 e. The van der Waals surface area contributed by atoms with Gasteiger partial charge in [0.25, 0.3) is 30.4 Å². The van der Waals surface area contributed by atoms with E-state index in [1.165, 1.54) is 12.1 Å². The molecule has 0 bridgehead atoms. The zero-order valence-corrected chi connectivity index (χ0v) is 35.0. The van der Waals surface area contributed by atoms with Crippen LogP contribution in [0.3, 0.4) is 0 Å². The zero-order chi connectivity index (χ0) is 41.4. The molecule has 306 valence electrons. The minimum Gasteiger partial charge on any atom is -0.478 e. The lowest BCUT2D eigenvalue weighted by atomic mass is 9.80. The van der Waals surface area contributed by atoms with E-state index in [-0.39, 0.29) is 40.8 Å². The summed E-state index contributed by atoms with van der Waals surface area (Å²) in [7, 11) is -12.7. The van der Waals surface area contributed by atoms with Crippen LogP contribution in [0.4, 0.5) is 11.4 Å². The number of anilines is 2. The van der Waals surface area contributed by atoms with Gasteiger partial charge >= 0.3 is 5.97 Å². The minimum absolute atomic E-state index is 0.154. The van der Waals surface area contributed by atoms with Crippen LogP contribution < -0.4 is 9.80 Å². The Labute approximate surface area is 334 Å². The number of aromatic carboxylic acids is 1. The normalized spacial score (nSPS) is 21.0. The lowest BCUT2D eigenvalue weighted by Gasteiger charge is -2.33. The highest BCUT2D eigenvalue weighted by atomic mass is 35.5. The topological polar surface area (TPSA) is 207 Å². The Kier molecular flexibility index (Phi) is 12.8. The zero-order valence-electron chi connectivity index (χ0n) is 31.8. The number of allylic oxidation sites excluding steroid dienone is 7. The molecule has 13 nitrogen and oxygen atoms in total. The van der Waals surface area contributed by atoms with Gasteiger partial charge in [0.2, 0.25) is 0 Å². The molecule has 3 aliphatic rings. The maximum atomic E-state index is 12.1. The van der Waals surface area contributed by atoms with E-state index in [1.807, 2.05) is 52.0 Å². The van der Waals surface area contributed by atoms with E-state index in [9.17, 15) is 48.8 Å². The molecule has 0 aromatic heterocycles. The molecule has 56 heavy (non-hydrogen) atoms. The predicted molar refractivity (Wildman–Crippen MR) is 218 cm³/mol. The summed E-state index contributed by atoms with van der Waals surface area (Å²) in [5, 5.41) is 10.3. The van der Waals surface area contributed by atoms with Crippen molar-refractivity contribution in [1.82, 2.24) is 0 Å². The summed E-state index contributed by atoms with van der Waals surface area (Å²) in [6, 6.07) is 9.10. The SMILES string of the molecule is CC1(C)C(=CC=C2CCCC(C=CC3N(CCCCS(=O)(=O)O)c4ccc(S(=O)(=O)O)cc4C3(C)C)=C2Cl)N(CCCCS(=O)(=O)O)c2ccc(C(=O)O)cc21. The Balaban J connectivity index is 1.48. The van der Waals surface area contributed by atoms with Gasteiger partial charge in [-0.3, -0.25) is 13.7 Å². The predicted octanol–water partition coefficient (Wildman–Crippen LogP) is 7.27. The van der Waals surface area contributed by atoms with Crippen molar-refractivity contribution in [3.8, 4) is 0 Å². The molecular formula is C39H49ClN2O11S3. The molecule has 0 saturated carbocycles. The van der Waals surface area contributed by atoms with Crippen LogP contribution in [0.25, 0.3) is 0 Å². The number of halogens is 1. The summed E-state index contributed by atoms with van der Waals surface area (Å²) in [6.45, 7) is 8.79. The number of carbonyl (C=O) groups is 1. The summed E-state index contributed by atoms with van der Waals surface area (Å²) in [6.07, 6.45) is 11.5. The van der Waals surface area contributed by atoms with Crippen LogP contribution in [0.1, 0.15) is 94.1 Å². The average molecular weight is 853 g/mol. The van der Waals surface area contributed by atoms with Gasteiger partial charge in [-0.15, -0.1) is 0 Å². The van der Waals surface area contributed by atoms with Crippen molar-refractivity contribution in [2.45, 2.75) is 94.4 Å². The molecular weight excluding hydrogens is 804 g/mol. The molecule has 0 radical (unpaired) electrons. The number of benzene rings is 2. The molecule has 1 unspecified atom stereocenters. The first-order valence-corrected chi connectivity index (χ1v) is 23.4. The van der Waals surface area contributed by atoms with Crippen molar-refractivity contribution < 1.29 is 48.8 Å². The first-order valence-electron chi connectivity index (χ1n) is 18.3. The van der Waals surface area contributed by atoms with Gasteiger partial charge in [0, 0.05) is 46.0 Å². The number of carboxylic acids is 1. The van der Waals surface area contributed by atoms with E-state index in [0.717, 1.165) is 40.2 Å². The molecule has 17 heteroatoms. The highest BCUT2D eigenvalue weighted by Gasteiger charge is 2.44. The van der Waals surface area contributed by atoms with E-state index in [0.29, 0.717) is 49.4 Å². The second-order valence-electron chi connectivity index (χ2n) is 15.6. The fourth-order valence-electron chi connectivity index (χ4n) is 8.01. The van der Waals surface area contributed by atoms with Crippen molar-refractivity contribution in [3.63, 3.8) is 0 Å². The Morgan fingerprint density at radius 3 is 2.05 bits per heavy atom. The fourth-order valence-corrected chi connectivity index (χ4v) is 9.97. The van der Waals surface area contributed by atoms with Crippen molar-refractivity contribution in [2.75, 3.05) is 34.4 Å². The first kappa shape index (κ1) is 43.6. The summed E-state index contributed by atoms with van der Waals surface area (Å²) in [4.78, 5) is 15.8. The van der Waals surface area contributed by atoms with Gasteiger partial charge in [-0.05, 0) is 110 Å². The quantitative estimate of drug-likeness (QED) is 0.103. The second-order valence-corrected chi connectivity index (χ2v) is 20.6. The summed E-state index contributed by atoms with van der Waals surface area (Å²) >= 11 is 7.11. The van der Waals surface area contributed by atoms with Crippen LogP contribution in [0.2, 0.25) is 0 Å². The molecule has 5 rings (SSSR count). The monoisotopic (exact) mass is 852 g/mol. The largest absolute Gasteiger partial charge is 0.478 e. The highest BCUT2D eigenvalue weighted by molar-refractivity contribution is 7.86. The Morgan fingerprint density at radius 2 is 1.45 bits per heavy atom. The van der Waals surface area contributed by atoms with Crippen LogP contribution >= 0.6 is 11.6 Å². The van der Waals surface area contributed by atoms with Gasteiger partial charge in [-0.2, -0.15) is 25.3 Å². The van der Waals surface area contributed by atoms with Crippen LogP contribution in [0, 0.1) is 0 Å². The number of rotatable bonds is 15. The average Bonchev–Trinajstić information content (AvgIpc) is 3.43. The summed E-state index contributed by atoms with van der Waals surface area (Å²) in [5.41, 5.74) is 4.64. The number of fused-ring (bicyclic) bond motifs is 2.